The molecule has 0 saturated heterocycles. The van der Waals surface area contributed by atoms with Gasteiger partial charge in [0.15, 0.2) is 0 Å². The average Bonchev–Trinajstić information content (AvgIpc) is 2.82. The maximum absolute atomic E-state index is 11.8. The fourth-order valence-corrected chi connectivity index (χ4v) is 1.73. The van der Waals surface area contributed by atoms with Crippen molar-refractivity contribution in [3.63, 3.8) is 0 Å². The second-order valence-corrected chi connectivity index (χ2v) is 3.96. The molecular weight excluding hydrogens is 240 g/mol. The first-order chi connectivity index (χ1) is 9.33. The van der Waals surface area contributed by atoms with E-state index in [0.29, 0.717) is 11.5 Å². The quantitative estimate of drug-likeness (QED) is 0.819. The summed E-state index contributed by atoms with van der Waals surface area (Å²) >= 11 is 0. The van der Waals surface area contributed by atoms with Crippen LogP contribution < -0.4 is 5.32 Å². The minimum atomic E-state index is -0.205. The Kier molecular flexibility index (Phi) is 2.86. The molecule has 19 heavy (non-hydrogen) atoms. The maximum atomic E-state index is 11.8. The molecule has 0 aromatic carbocycles. The lowest BCUT2D eigenvalue weighted by molar-refractivity contribution is -0.115. The molecule has 1 aliphatic heterocycles. The molecule has 0 aliphatic carbocycles. The summed E-state index contributed by atoms with van der Waals surface area (Å²) < 4.78 is 0. The van der Waals surface area contributed by atoms with Gasteiger partial charge in [-0.25, -0.2) is 4.99 Å². The number of nitrogens with zero attached hydrogens (tertiary/aromatic N) is 3. The summed E-state index contributed by atoms with van der Waals surface area (Å²) in [6, 6.07) is 7.24. The second kappa shape index (κ2) is 4.81. The zero-order chi connectivity index (χ0) is 13.1. The van der Waals surface area contributed by atoms with Crippen molar-refractivity contribution in [2.45, 2.75) is 0 Å². The minimum Gasteiger partial charge on any atom is -0.305 e. The number of carbonyl (C=O) groups excluding carboxylic acids is 1. The number of aliphatic imine (C=N–C) groups is 1. The number of pyridine rings is 2. The fraction of sp³-hybridized carbons (Fsp3) is 0. The van der Waals surface area contributed by atoms with E-state index in [1.54, 1.807) is 43.0 Å². The molecule has 0 unspecified atom stereocenters. The van der Waals surface area contributed by atoms with Crippen LogP contribution in [-0.4, -0.2) is 21.7 Å². The van der Waals surface area contributed by atoms with E-state index in [1.807, 2.05) is 12.1 Å². The van der Waals surface area contributed by atoms with E-state index in [-0.39, 0.29) is 5.91 Å². The summed E-state index contributed by atoms with van der Waals surface area (Å²) in [6.45, 7) is 0. The van der Waals surface area contributed by atoms with Crippen LogP contribution in [0.25, 0.3) is 6.08 Å². The van der Waals surface area contributed by atoms with Crippen LogP contribution in [0, 0.1) is 0 Å². The van der Waals surface area contributed by atoms with E-state index < -0.39 is 0 Å². The van der Waals surface area contributed by atoms with E-state index in [1.165, 1.54) is 0 Å². The topological polar surface area (TPSA) is 67.2 Å². The van der Waals surface area contributed by atoms with Gasteiger partial charge in [-0.15, -0.1) is 0 Å². The van der Waals surface area contributed by atoms with Crippen molar-refractivity contribution < 1.29 is 4.79 Å². The molecule has 1 aliphatic rings. The van der Waals surface area contributed by atoms with Crippen molar-refractivity contribution in [1.82, 2.24) is 15.3 Å². The molecule has 92 valence electrons. The molecule has 3 heterocycles. The van der Waals surface area contributed by atoms with Gasteiger partial charge in [0.05, 0.1) is 0 Å². The Morgan fingerprint density at radius 1 is 0.947 bits per heavy atom. The molecule has 1 amide bonds. The summed E-state index contributed by atoms with van der Waals surface area (Å²) in [5.41, 5.74) is 2.11. The van der Waals surface area contributed by atoms with Gasteiger partial charge in [0.2, 0.25) is 0 Å². The summed E-state index contributed by atoms with van der Waals surface area (Å²) in [4.78, 5) is 24.0. The van der Waals surface area contributed by atoms with Crippen molar-refractivity contribution in [3.05, 3.63) is 65.9 Å². The highest BCUT2D eigenvalue weighted by Crippen LogP contribution is 2.14. The van der Waals surface area contributed by atoms with E-state index in [0.717, 1.165) is 11.1 Å². The average molecular weight is 250 g/mol. The van der Waals surface area contributed by atoms with Gasteiger partial charge in [-0.05, 0) is 35.9 Å². The molecule has 0 bridgehead atoms. The molecule has 0 spiro atoms. The predicted octanol–water partition coefficient (Wildman–Crippen LogP) is 1.39. The number of hydrogen-bond acceptors (Lipinski definition) is 4. The van der Waals surface area contributed by atoms with E-state index in [4.69, 9.17) is 0 Å². The predicted molar refractivity (Wildman–Crippen MR) is 71.1 cm³/mol. The Morgan fingerprint density at radius 2 is 1.58 bits per heavy atom. The SMILES string of the molecule is O=C1NC(c2ccncc2)=N/C1=C/c1ccncc1. The van der Waals surface area contributed by atoms with Crippen LogP contribution in [-0.2, 0) is 4.79 Å². The highest BCUT2D eigenvalue weighted by molar-refractivity contribution is 6.19. The van der Waals surface area contributed by atoms with Crippen molar-refractivity contribution in [3.8, 4) is 0 Å². The second-order valence-electron chi connectivity index (χ2n) is 3.96. The molecule has 0 atom stereocenters. The lowest BCUT2D eigenvalue weighted by Crippen LogP contribution is -2.24. The standard InChI is InChI=1S/C14H10N4O/c19-14-12(9-10-1-5-15-6-2-10)17-13(18-14)11-3-7-16-8-4-11/h1-9H,(H,17,18,19)/b12-9+. The number of aromatic nitrogens is 2. The van der Waals surface area contributed by atoms with Crippen LogP contribution in [0.2, 0.25) is 0 Å². The molecule has 5 heteroatoms. The Morgan fingerprint density at radius 3 is 2.26 bits per heavy atom. The highest BCUT2D eigenvalue weighted by atomic mass is 16.2. The Labute approximate surface area is 109 Å². The first kappa shape index (κ1) is 11.3. The van der Waals surface area contributed by atoms with Gasteiger partial charge in [-0.1, -0.05) is 0 Å². The molecule has 0 saturated carbocycles. The zero-order valence-corrected chi connectivity index (χ0v) is 9.95. The van der Waals surface area contributed by atoms with E-state index in [2.05, 4.69) is 20.3 Å². The lowest BCUT2D eigenvalue weighted by atomic mass is 10.2. The highest BCUT2D eigenvalue weighted by Gasteiger charge is 2.20. The first-order valence-corrected chi connectivity index (χ1v) is 5.75. The Hall–Kier alpha value is -2.82. The molecule has 2 aromatic heterocycles. The molecule has 0 fully saturated rings. The number of hydrogen-bond donors (Lipinski definition) is 1. The van der Waals surface area contributed by atoms with Crippen LogP contribution >= 0.6 is 0 Å². The van der Waals surface area contributed by atoms with Gasteiger partial charge in [-0.2, -0.15) is 0 Å². The van der Waals surface area contributed by atoms with E-state index >= 15 is 0 Å². The first-order valence-electron chi connectivity index (χ1n) is 5.75. The summed E-state index contributed by atoms with van der Waals surface area (Å²) in [5, 5.41) is 2.74. The van der Waals surface area contributed by atoms with Gasteiger partial charge < -0.3 is 5.32 Å². The molecule has 1 N–H and O–H groups in total. The molecular formula is C14H10N4O. The van der Waals surface area contributed by atoms with Crippen molar-refractivity contribution in [1.29, 1.82) is 0 Å². The third-order valence-corrected chi connectivity index (χ3v) is 2.66. The van der Waals surface area contributed by atoms with Gasteiger partial charge in [0, 0.05) is 30.4 Å². The smallest absolute Gasteiger partial charge is 0.275 e. The third-order valence-electron chi connectivity index (χ3n) is 2.66. The van der Waals surface area contributed by atoms with Gasteiger partial charge in [0.1, 0.15) is 11.5 Å². The molecule has 3 rings (SSSR count). The number of nitrogens with one attached hydrogen (secondary N) is 1. The molecule has 5 nitrogen and oxygen atoms in total. The van der Waals surface area contributed by atoms with Crippen LogP contribution in [0.4, 0.5) is 0 Å². The number of amides is 1. The fourth-order valence-electron chi connectivity index (χ4n) is 1.73. The summed E-state index contributed by atoms with van der Waals surface area (Å²) in [5.74, 6) is 0.344. The number of rotatable bonds is 2. The largest absolute Gasteiger partial charge is 0.305 e. The van der Waals surface area contributed by atoms with Crippen LogP contribution in [0.1, 0.15) is 11.1 Å². The van der Waals surface area contributed by atoms with Crippen molar-refractivity contribution >= 4 is 17.8 Å². The normalized spacial score (nSPS) is 16.3. The zero-order valence-electron chi connectivity index (χ0n) is 9.95. The van der Waals surface area contributed by atoms with Crippen LogP contribution in [0.5, 0.6) is 0 Å². The van der Waals surface area contributed by atoms with Gasteiger partial charge >= 0.3 is 0 Å². The minimum absolute atomic E-state index is 0.205. The molecule has 0 radical (unpaired) electrons. The summed E-state index contributed by atoms with van der Waals surface area (Å²) in [6.07, 6.45) is 8.40. The number of amidine groups is 1. The monoisotopic (exact) mass is 250 g/mol. The van der Waals surface area contributed by atoms with Crippen molar-refractivity contribution in [2.75, 3.05) is 0 Å². The number of carbonyl (C=O) groups is 1. The maximum Gasteiger partial charge on any atom is 0.275 e. The Bertz CT molecular complexity index is 662. The van der Waals surface area contributed by atoms with E-state index in [9.17, 15) is 4.79 Å². The third kappa shape index (κ3) is 2.40. The van der Waals surface area contributed by atoms with Crippen LogP contribution in [0.3, 0.4) is 0 Å². The van der Waals surface area contributed by atoms with Crippen molar-refractivity contribution in [2.24, 2.45) is 4.99 Å². The van der Waals surface area contributed by atoms with Gasteiger partial charge in [0.25, 0.3) is 5.91 Å². The Balaban J connectivity index is 1.94. The van der Waals surface area contributed by atoms with Crippen LogP contribution in [0.15, 0.2) is 59.7 Å². The summed E-state index contributed by atoms with van der Waals surface area (Å²) in [7, 11) is 0. The lowest BCUT2D eigenvalue weighted by Gasteiger charge is -1.97. The molecule has 2 aromatic rings. The van der Waals surface area contributed by atoms with Gasteiger partial charge in [-0.3, -0.25) is 14.8 Å².